The summed E-state index contributed by atoms with van der Waals surface area (Å²) in [6, 6.07) is 1.17. The molecule has 0 aromatic heterocycles. The zero-order valence-corrected chi connectivity index (χ0v) is 8.89. The molecule has 11 heavy (non-hydrogen) atoms. The van der Waals surface area contributed by atoms with Gasteiger partial charge >= 0.3 is 8.56 Å². The molecule has 1 saturated carbocycles. The molecule has 0 aromatic rings. The van der Waals surface area contributed by atoms with Crippen molar-refractivity contribution in [3.05, 3.63) is 0 Å². The third-order valence-corrected chi connectivity index (χ3v) is 5.77. The second-order valence-electron chi connectivity index (χ2n) is 3.72. The minimum Gasteiger partial charge on any atom is -0.398 e. The Hall–Kier alpha value is 0.137. The van der Waals surface area contributed by atoms with Gasteiger partial charge in [-0.1, -0.05) is 6.92 Å². The third kappa shape index (κ3) is 2.29. The molecule has 2 unspecified atom stereocenters. The van der Waals surface area contributed by atoms with Gasteiger partial charge in [-0.2, -0.15) is 0 Å². The van der Waals surface area contributed by atoms with Crippen LogP contribution in [0.25, 0.3) is 0 Å². The minimum atomic E-state index is -1.74. The Morgan fingerprint density at radius 3 is 2.09 bits per heavy atom. The normalized spacial score (nSPS) is 30.5. The Balaban J connectivity index is 2.32. The first kappa shape index (κ1) is 9.23. The van der Waals surface area contributed by atoms with Gasteiger partial charge in [-0.3, -0.25) is 0 Å². The van der Waals surface area contributed by atoms with Crippen molar-refractivity contribution in [2.45, 2.75) is 25.9 Å². The standard InChI is InChI=1S/C8H18O2Si/c1-7-5-8(7)6-11(4,9-2)10-3/h7-8H,5-6H2,1-4H3. The lowest BCUT2D eigenvalue weighted by Gasteiger charge is -2.22. The van der Waals surface area contributed by atoms with Crippen molar-refractivity contribution in [3.8, 4) is 0 Å². The Morgan fingerprint density at radius 2 is 1.82 bits per heavy atom. The molecule has 1 fully saturated rings. The Kier molecular flexibility index (Phi) is 2.73. The van der Waals surface area contributed by atoms with Crippen molar-refractivity contribution >= 4 is 8.56 Å². The van der Waals surface area contributed by atoms with Crippen LogP contribution in [0.4, 0.5) is 0 Å². The summed E-state index contributed by atoms with van der Waals surface area (Å²) in [5.41, 5.74) is 0. The van der Waals surface area contributed by atoms with Crippen LogP contribution >= 0.6 is 0 Å². The van der Waals surface area contributed by atoms with Crippen molar-refractivity contribution in [1.29, 1.82) is 0 Å². The van der Waals surface area contributed by atoms with Crippen LogP contribution in [0.1, 0.15) is 13.3 Å². The molecule has 0 amide bonds. The van der Waals surface area contributed by atoms with Gasteiger partial charge in [0.25, 0.3) is 0 Å². The highest BCUT2D eigenvalue weighted by Crippen LogP contribution is 2.43. The second kappa shape index (κ2) is 3.25. The van der Waals surface area contributed by atoms with Gasteiger partial charge in [-0.25, -0.2) is 0 Å². The molecule has 1 aliphatic carbocycles. The predicted octanol–water partition coefficient (Wildman–Crippen LogP) is 2.01. The van der Waals surface area contributed by atoms with Crippen LogP contribution < -0.4 is 0 Å². The Bertz CT molecular complexity index is 134. The third-order valence-electron chi connectivity index (χ3n) is 2.77. The molecule has 0 bridgehead atoms. The molecule has 0 heterocycles. The molecule has 1 aliphatic rings. The molecular weight excluding hydrogens is 156 g/mol. The van der Waals surface area contributed by atoms with E-state index in [-0.39, 0.29) is 0 Å². The van der Waals surface area contributed by atoms with Gasteiger partial charge in [0.2, 0.25) is 0 Å². The fraction of sp³-hybridized carbons (Fsp3) is 1.00. The molecule has 0 N–H and O–H groups in total. The lowest BCUT2D eigenvalue weighted by Crippen LogP contribution is -2.36. The largest absolute Gasteiger partial charge is 0.398 e. The zero-order chi connectivity index (χ0) is 8.48. The first-order chi connectivity index (χ1) is 5.11. The van der Waals surface area contributed by atoms with Crippen LogP contribution in [0.2, 0.25) is 12.6 Å². The van der Waals surface area contributed by atoms with Crippen LogP contribution in [0.5, 0.6) is 0 Å². The monoisotopic (exact) mass is 174 g/mol. The smallest absolute Gasteiger partial charge is 0.334 e. The van der Waals surface area contributed by atoms with Gasteiger partial charge in [-0.15, -0.1) is 0 Å². The molecule has 66 valence electrons. The average molecular weight is 174 g/mol. The molecule has 1 rings (SSSR count). The van der Waals surface area contributed by atoms with Crippen LogP contribution in [0, 0.1) is 11.8 Å². The maximum absolute atomic E-state index is 5.40. The molecule has 0 saturated heterocycles. The van der Waals surface area contributed by atoms with Gasteiger partial charge in [0.05, 0.1) is 0 Å². The van der Waals surface area contributed by atoms with Crippen molar-refractivity contribution in [3.63, 3.8) is 0 Å². The topological polar surface area (TPSA) is 18.5 Å². The lowest BCUT2D eigenvalue weighted by atomic mass is 10.4. The van der Waals surface area contributed by atoms with E-state index in [9.17, 15) is 0 Å². The fourth-order valence-electron chi connectivity index (χ4n) is 1.41. The summed E-state index contributed by atoms with van der Waals surface area (Å²) in [7, 11) is 1.79. The van der Waals surface area contributed by atoms with E-state index in [1.807, 2.05) is 0 Å². The highest BCUT2D eigenvalue weighted by Gasteiger charge is 2.41. The van der Waals surface area contributed by atoms with E-state index >= 15 is 0 Å². The summed E-state index contributed by atoms with van der Waals surface area (Å²) in [6.07, 6.45) is 1.37. The molecule has 2 atom stereocenters. The molecular formula is C8H18O2Si. The molecule has 2 nitrogen and oxygen atoms in total. The van der Waals surface area contributed by atoms with Gasteiger partial charge in [0.1, 0.15) is 0 Å². The first-order valence-electron chi connectivity index (χ1n) is 4.21. The Morgan fingerprint density at radius 1 is 1.36 bits per heavy atom. The molecule has 3 heteroatoms. The highest BCUT2D eigenvalue weighted by molar-refractivity contribution is 6.66. The van der Waals surface area contributed by atoms with E-state index in [0.717, 1.165) is 11.8 Å². The zero-order valence-electron chi connectivity index (χ0n) is 7.89. The van der Waals surface area contributed by atoms with Gasteiger partial charge in [0, 0.05) is 14.2 Å². The summed E-state index contributed by atoms with van der Waals surface area (Å²) >= 11 is 0. The maximum Gasteiger partial charge on any atom is 0.334 e. The number of rotatable bonds is 4. The summed E-state index contributed by atoms with van der Waals surface area (Å²) in [5, 5.41) is 0. The summed E-state index contributed by atoms with van der Waals surface area (Å²) in [6.45, 7) is 4.43. The van der Waals surface area contributed by atoms with E-state index in [4.69, 9.17) is 8.85 Å². The summed E-state index contributed by atoms with van der Waals surface area (Å²) < 4.78 is 10.8. The fourth-order valence-corrected chi connectivity index (χ4v) is 3.43. The van der Waals surface area contributed by atoms with E-state index in [1.54, 1.807) is 14.2 Å². The van der Waals surface area contributed by atoms with Crippen LogP contribution in [-0.4, -0.2) is 22.8 Å². The van der Waals surface area contributed by atoms with Crippen molar-refractivity contribution in [2.24, 2.45) is 11.8 Å². The molecule has 0 radical (unpaired) electrons. The summed E-state index contributed by atoms with van der Waals surface area (Å²) in [5.74, 6) is 1.79. The average Bonchev–Trinajstić information content (AvgIpc) is 2.66. The van der Waals surface area contributed by atoms with Crippen molar-refractivity contribution in [2.75, 3.05) is 14.2 Å². The molecule has 0 aromatic carbocycles. The Labute approximate surface area is 70.1 Å². The van der Waals surface area contributed by atoms with E-state index in [1.165, 1.54) is 12.5 Å². The van der Waals surface area contributed by atoms with Crippen LogP contribution in [0.15, 0.2) is 0 Å². The quantitative estimate of drug-likeness (QED) is 0.607. The minimum absolute atomic E-state index is 0.881. The SMILES string of the molecule is CO[Si](C)(CC1CC1C)OC. The first-order valence-corrected chi connectivity index (χ1v) is 6.74. The number of hydrogen-bond acceptors (Lipinski definition) is 2. The second-order valence-corrected chi connectivity index (χ2v) is 7.21. The van der Waals surface area contributed by atoms with E-state index < -0.39 is 8.56 Å². The number of hydrogen-bond donors (Lipinski definition) is 0. The molecule has 0 aliphatic heterocycles. The van der Waals surface area contributed by atoms with Crippen LogP contribution in [0.3, 0.4) is 0 Å². The van der Waals surface area contributed by atoms with Gasteiger partial charge in [-0.05, 0) is 30.8 Å². The summed E-state index contributed by atoms with van der Waals surface area (Å²) in [4.78, 5) is 0. The highest BCUT2D eigenvalue weighted by atomic mass is 28.4. The van der Waals surface area contributed by atoms with Crippen molar-refractivity contribution in [1.82, 2.24) is 0 Å². The molecule has 0 spiro atoms. The van der Waals surface area contributed by atoms with Gasteiger partial charge < -0.3 is 8.85 Å². The van der Waals surface area contributed by atoms with Gasteiger partial charge in [0.15, 0.2) is 0 Å². The van der Waals surface area contributed by atoms with E-state index in [2.05, 4.69) is 13.5 Å². The van der Waals surface area contributed by atoms with Crippen LogP contribution in [-0.2, 0) is 8.85 Å². The predicted molar refractivity (Wildman–Crippen MR) is 47.7 cm³/mol. The maximum atomic E-state index is 5.40. The van der Waals surface area contributed by atoms with Crippen molar-refractivity contribution < 1.29 is 8.85 Å². The van der Waals surface area contributed by atoms with E-state index in [0.29, 0.717) is 0 Å². The lowest BCUT2D eigenvalue weighted by molar-refractivity contribution is 0.246.